The van der Waals surface area contributed by atoms with Crippen LogP contribution in [0.1, 0.15) is 17.3 Å². The topological polar surface area (TPSA) is 76.7 Å². The van der Waals surface area contributed by atoms with Gasteiger partial charge in [-0.1, -0.05) is 6.07 Å². The number of hydrogen-bond donors (Lipinski definition) is 2. The van der Waals surface area contributed by atoms with E-state index < -0.39 is 18.6 Å². The Labute approximate surface area is 141 Å². The molecule has 2 aromatic carbocycles. The second kappa shape index (κ2) is 6.76. The molecule has 0 saturated heterocycles. The standard InChI is InChI=1S/C17H14F2N2O4/c1-9-15(22)21-13-8-11(5-6-14(13)24-9)20-16(23)10-3-2-4-12(7-10)25-17(18)19/h2-9,17H,1H3,(H,20,23)(H,21,22). The maximum absolute atomic E-state index is 12.3. The van der Waals surface area contributed by atoms with Crippen LogP contribution in [-0.2, 0) is 4.79 Å². The van der Waals surface area contributed by atoms with Gasteiger partial charge in [-0.2, -0.15) is 8.78 Å². The second-order valence-electron chi connectivity index (χ2n) is 5.32. The summed E-state index contributed by atoms with van der Waals surface area (Å²) in [5.41, 5.74) is 1.02. The van der Waals surface area contributed by atoms with Crippen molar-refractivity contribution in [2.75, 3.05) is 10.6 Å². The fourth-order valence-electron chi connectivity index (χ4n) is 2.30. The van der Waals surface area contributed by atoms with Gasteiger partial charge in [0.15, 0.2) is 6.10 Å². The highest BCUT2D eigenvalue weighted by Gasteiger charge is 2.23. The molecule has 0 aliphatic carbocycles. The molecule has 0 aromatic heterocycles. The van der Waals surface area contributed by atoms with Crippen molar-refractivity contribution in [2.24, 2.45) is 0 Å². The molecule has 8 heteroatoms. The highest BCUT2D eigenvalue weighted by Crippen LogP contribution is 2.32. The first-order valence-corrected chi connectivity index (χ1v) is 7.40. The predicted octanol–water partition coefficient (Wildman–Crippen LogP) is 3.26. The summed E-state index contributed by atoms with van der Waals surface area (Å²) >= 11 is 0. The third-order valence-electron chi connectivity index (χ3n) is 3.49. The number of rotatable bonds is 4. The van der Waals surface area contributed by atoms with Gasteiger partial charge in [0.1, 0.15) is 11.5 Å². The largest absolute Gasteiger partial charge is 0.479 e. The second-order valence-corrected chi connectivity index (χ2v) is 5.32. The molecule has 0 radical (unpaired) electrons. The van der Waals surface area contributed by atoms with E-state index in [2.05, 4.69) is 15.4 Å². The number of carbonyl (C=O) groups is 2. The molecule has 0 spiro atoms. The smallest absolute Gasteiger partial charge is 0.387 e. The van der Waals surface area contributed by atoms with Gasteiger partial charge >= 0.3 is 6.61 Å². The number of carbonyl (C=O) groups excluding carboxylic acids is 2. The summed E-state index contributed by atoms with van der Waals surface area (Å²) in [6.07, 6.45) is -0.592. The highest BCUT2D eigenvalue weighted by molar-refractivity contribution is 6.05. The molecule has 1 heterocycles. The molecule has 0 bridgehead atoms. The number of anilines is 2. The number of nitrogens with one attached hydrogen (secondary N) is 2. The first-order valence-electron chi connectivity index (χ1n) is 7.40. The van der Waals surface area contributed by atoms with Gasteiger partial charge in [-0.3, -0.25) is 9.59 Å². The van der Waals surface area contributed by atoms with E-state index in [0.29, 0.717) is 17.1 Å². The maximum atomic E-state index is 12.3. The Balaban J connectivity index is 1.75. The Kier molecular flexibility index (Phi) is 4.51. The third-order valence-corrected chi connectivity index (χ3v) is 3.49. The molecule has 2 aromatic rings. The molecular weight excluding hydrogens is 334 g/mol. The fourth-order valence-corrected chi connectivity index (χ4v) is 2.30. The normalized spacial score (nSPS) is 15.8. The lowest BCUT2D eigenvalue weighted by Crippen LogP contribution is -2.34. The van der Waals surface area contributed by atoms with Crippen LogP contribution < -0.4 is 20.1 Å². The number of ether oxygens (including phenoxy) is 2. The van der Waals surface area contributed by atoms with Gasteiger partial charge in [-0.05, 0) is 43.3 Å². The van der Waals surface area contributed by atoms with E-state index in [1.807, 2.05) is 0 Å². The van der Waals surface area contributed by atoms with E-state index in [9.17, 15) is 18.4 Å². The lowest BCUT2D eigenvalue weighted by atomic mass is 10.1. The van der Waals surface area contributed by atoms with E-state index in [0.717, 1.165) is 0 Å². The molecule has 1 aliphatic rings. The molecule has 3 rings (SSSR count). The number of benzene rings is 2. The molecule has 1 atom stereocenters. The summed E-state index contributed by atoms with van der Waals surface area (Å²) in [5.74, 6) is -0.399. The minimum atomic E-state index is -2.97. The van der Waals surface area contributed by atoms with Crippen LogP contribution in [0.25, 0.3) is 0 Å². The van der Waals surface area contributed by atoms with Crippen LogP contribution >= 0.6 is 0 Å². The zero-order valence-electron chi connectivity index (χ0n) is 13.1. The van der Waals surface area contributed by atoms with Gasteiger partial charge in [-0.25, -0.2) is 0 Å². The average molecular weight is 348 g/mol. The first-order chi connectivity index (χ1) is 11.9. The number of amides is 2. The van der Waals surface area contributed by atoms with Crippen molar-refractivity contribution in [3.63, 3.8) is 0 Å². The monoisotopic (exact) mass is 348 g/mol. The summed E-state index contributed by atoms with van der Waals surface area (Å²) in [6, 6.07) is 10.2. The highest BCUT2D eigenvalue weighted by atomic mass is 19.3. The Morgan fingerprint density at radius 3 is 2.84 bits per heavy atom. The van der Waals surface area contributed by atoms with Gasteiger partial charge in [-0.15, -0.1) is 0 Å². The van der Waals surface area contributed by atoms with E-state index in [1.54, 1.807) is 25.1 Å². The Morgan fingerprint density at radius 1 is 1.28 bits per heavy atom. The van der Waals surface area contributed by atoms with Crippen LogP contribution in [0.4, 0.5) is 20.2 Å². The van der Waals surface area contributed by atoms with Crippen molar-refractivity contribution in [1.29, 1.82) is 0 Å². The zero-order chi connectivity index (χ0) is 18.0. The van der Waals surface area contributed by atoms with Gasteiger partial charge in [0.05, 0.1) is 5.69 Å². The quantitative estimate of drug-likeness (QED) is 0.889. The van der Waals surface area contributed by atoms with Crippen molar-refractivity contribution in [3.05, 3.63) is 48.0 Å². The molecule has 1 aliphatic heterocycles. The number of halogens is 2. The van der Waals surface area contributed by atoms with E-state index in [4.69, 9.17) is 4.74 Å². The van der Waals surface area contributed by atoms with Crippen LogP contribution in [0, 0.1) is 0 Å². The Morgan fingerprint density at radius 2 is 2.08 bits per heavy atom. The summed E-state index contributed by atoms with van der Waals surface area (Å²) < 4.78 is 34.2. The summed E-state index contributed by atoms with van der Waals surface area (Å²) in [5, 5.41) is 5.30. The fraction of sp³-hybridized carbons (Fsp3) is 0.176. The Hall–Kier alpha value is -3.16. The van der Waals surface area contributed by atoms with E-state index in [1.165, 1.54) is 24.3 Å². The van der Waals surface area contributed by atoms with Crippen molar-refractivity contribution < 1.29 is 27.8 Å². The summed E-state index contributed by atoms with van der Waals surface area (Å²) in [4.78, 5) is 23.9. The molecule has 25 heavy (non-hydrogen) atoms. The third kappa shape index (κ3) is 3.85. The molecule has 0 fully saturated rings. The maximum Gasteiger partial charge on any atom is 0.387 e. The molecule has 2 amide bonds. The molecule has 0 saturated carbocycles. The van der Waals surface area contributed by atoms with Gasteiger partial charge in [0, 0.05) is 11.3 Å². The minimum absolute atomic E-state index is 0.109. The molecule has 130 valence electrons. The number of fused-ring (bicyclic) bond motifs is 1. The predicted molar refractivity (Wildman–Crippen MR) is 86.2 cm³/mol. The van der Waals surface area contributed by atoms with Crippen LogP contribution in [0.15, 0.2) is 42.5 Å². The van der Waals surface area contributed by atoms with Gasteiger partial charge in [0.2, 0.25) is 0 Å². The van der Waals surface area contributed by atoms with Crippen molar-refractivity contribution in [2.45, 2.75) is 19.6 Å². The van der Waals surface area contributed by atoms with Gasteiger partial charge < -0.3 is 20.1 Å². The van der Waals surface area contributed by atoms with E-state index in [-0.39, 0.29) is 17.2 Å². The van der Waals surface area contributed by atoms with Crippen molar-refractivity contribution in [1.82, 2.24) is 0 Å². The van der Waals surface area contributed by atoms with Crippen LogP contribution in [0.3, 0.4) is 0 Å². The molecule has 2 N–H and O–H groups in total. The van der Waals surface area contributed by atoms with E-state index >= 15 is 0 Å². The lowest BCUT2D eigenvalue weighted by Gasteiger charge is -2.23. The zero-order valence-corrected chi connectivity index (χ0v) is 13.1. The van der Waals surface area contributed by atoms with Crippen molar-refractivity contribution in [3.8, 4) is 11.5 Å². The number of hydrogen-bond acceptors (Lipinski definition) is 4. The molecular formula is C17H14F2N2O4. The van der Waals surface area contributed by atoms with Crippen LogP contribution in [0.5, 0.6) is 11.5 Å². The SMILES string of the molecule is CC1Oc2ccc(NC(=O)c3cccc(OC(F)F)c3)cc2NC1=O. The van der Waals surface area contributed by atoms with Crippen molar-refractivity contribution >= 4 is 23.2 Å². The van der Waals surface area contributed by atoms with Crippen LogP contribution in [0.2, 0.25) is 0 Å². The minimum Gasteiger partial charge on any atom is -0.479 e. The lowest BCUT2D eigenvalue weighted by molar-refractivity contribution is -0.122. The molecule has 1 unspecified atom stereocenters. The summed E-state index contributed by atoms with van der Waals surface area (Å²) in [6.45, 7) is -1.34. The number of alkyl halides is 2. The van der Waals surface area contributed by atoms with Gasteiger partial charge in [0.25, 0.3) is 11.8 Å². The Bertz CT molecular complexity index is 826. The molecule has 6 nitrogen and oxygen atoms in total. The summed E-state index contributed by atoms with van der Waals surface area (Å²) in [7, 11) is 0. The average Bonchev–Trinajstić information content (AvgIpc) is 2.56. The van der Waals surface area contributed by atoms with Crippen LogP contribution in [-0.4, -0.2) is 24.5 Å². The first kappa shape index (κ1) is 16.7.